The van der Waals surface area contributed by atoms with Crippen molar-refractivity contribution in [2.75, 3.05) is 11.1 Å². The molecule has 1 atom stereocenters. The van der Waals surface area contributed by atoms with E-state index in [0.717, 1.165) is 10.6 Å². The van der Waals surface area contributed by atoms with E-state index in [1.165, 1.54) is 18.7 Å². The lowest BCUT2D eigenvalue weighted by atomic mass is 10.2. The third-order valence-corrected chi connectivity index (χ3v) is 4.86. The minimum absolute atomic E-state index is 0.292. The lowest BCUT2D eigenvalue weighted by molar-refractivity contribution is -0.123. The molecule has 7 heteroatoms. The minimum Gasteiger partial charge on any atom is -0.449 e. The van der Waals surface area contributed by atoms with Gasteiger partial charge in [-0.05, 0) is 36.9 Å². The third kappa shape index (κ3) is 5.14. The Kier molecular flexibility index (Phi) is 7.17. The van der Waals surface area contributed by atoms with E-state index in [1.54, 1.807) is 30.3 Å². The van der Waals surface area contributed by atoms with Gasteiger partial charge in [0.25, 0.3) is 5.91 Å². The topological polar surface area (TPSA) is 55.4 Å². The van der Waals surface area contributed by atoms with Gasteiger partial charge in [-0.3, -0.25) is 4.79 Å². The lowest BCUT2D eigenvalue weighted by Gasteiger charge is -2.16. The van der Waals surface area contributed by atoms with Crippen molar-refractivity contribution in [1.29, 1.82) is 0 Å². The van der Waals surface area contributed by atoms with Crippen LogP contribution in [0.1, 0.15) is 24.2 Å². The molecule has 2 aromatic rings. The zero-order valence-electron chi connectivity index (χ0n) is 13.7. The van der Waals surface area contributed by atoms with Crippen molar-refractivity contribution < 1.29 is 14.3 Å². The minimum atomic E-state index is -1.00. The molecule has 0 heterocycles. The van der Waals surface area contributed by atoms with Crippen LogP contribution in [0.5, 0.6) is 0 Å². The summed E-state index contributed by atoms with van der Waals surface area (Å²) in [6, 6.07) is 12.0. The van der Waals surface area contributed by atoms with Gasteiger partial charge in [-0.2, -0.15) is 0 Å². The van der Waals surface area contributed by atoms with Gasteiger partial charge in [-0.25, -0.2) is 4.79 Å². The second-order valence-electron chi connectivity index (χ2n) is 5.06. The Morgan fingerprint density at radius 3 is 2.40 bits per heavy atom. The standard InChI is InChI=1S/C18H17Cl2NO3S/c1-3-25-15-10-5-4-7-12(15)18(23)24-11(2)17(22)21-16-13(19)8-6-9-14(16)20/h4-11H,3H2,1-2H3,(H,21,22)/t11-/m0/s1. The quantitative estimate of drug-likeness (QED) is 0.531. The maximum atomic E-state index is 12.4. The summed E-state index contributed by atoms with van der Waals surface area (Å²) in [5.74, 6) is -0.237. The summed E-state index contributed by atoms with van der Waals surface area (Å²) in [6.07, 6.45) is -1.00. The molecule has 0 aromatic heterocycles. The van der Waals surface area contributed by atoms with Crippen LogP contribution < -0.4 is 5.32 Å². The molecule has 1 amide bonds. The van der Waals surface area contributed by atoms with Gasteiger partial charge in [-0.1, -0.05) is 48.3 Å². The molecular formula is C18H17Cl2NO3S. The molecule has 0 unspecified atom stereocenters. The Labute approximate surface area is 160 Å². The van der Waals surface area contributed by atoms with Crippen LogP contribution in [-0.4, -0.2) is 23.7 Å². The van der Waals surface area contributed by atoms with Crippen molar-refractivity contribution in [3.63, 3.8) is 0 Å². The van der Waals surface area contributed by atoms with E-state index in [0.29, 0.717) is 21.3 Å². The molecule has 0 fully saturated rings. The van der Waals surface area contributed by atoms with Crippen molar-refractivity contribution in [1.82, 2.24) is 0 Å². The predicted molar refractivity (Wildman–Crippen MR) is 103 cm³/mol. The van der Waals surface area contributed by atoms with Gasteiger partial charge in [0.2, 0.25) is 0 Å². The van der Waals surface area contributed by atoms with Gasteiger partial charge >= 0.3 is 5.97 Å². The second kappa shape index (κ2) is 9.13. The number of nitrogens with one attached hydrogen (secondary N) is 1. The number of para-hydroxylation sites is 1. The number of carbonyl (C=O) groups is 2. The van der Waals surface area contributed by atoms with Crippen LogP contribution in [0.2, 0.25) is 10.0 Å². The Morgan fingerprint density at radius 1 is 1.12 bits per heavy atom. The van der Waals surface area contributed by atoms with E-state index < -0.39 is 18.0 Å². The number of rotatable bonds is 6. The van der Waals surface area contributed by atoms with Gasteiger partial charge in [0.05, 0.1) is 21.3 Å². The number of halogens is 2. The Bertz CT molecular complexity index is 762. The Hall–Kier alpha value is -1.69. The number of thioether (sulfide) groups is 1. The summed E-state index contributed by atoms with van der Waals surface area (Å²) in [5.41, 5.74) is 0.727. The highest BCUT2D eigenvalue weighted by molar-refractivity contribution is 7.99. The van der Waals surface area contributed by atoms with Crippen LogP contribution in [0.3, 0.4) is 0 Å². The smallest absolute Gasteiger partial charge is 0.340 e. The van der Waals surface area contributed by atoms with Crippen molar-refractivity contribution in [2.45, 2.75) is 24.8 Å². The molecule has 0 aliphatic carbocycles. The van der Waals surface area contributed by atoms with Crippen molar-refractivity contribution in [3.8, 4) is 0 Å². The van der Waals surface area contributed by atoms with Gasteiger partial charge in [0.15, 0.2) is 6.10 Å². The highest BCUT2D eigenvalue weighted by atomic mass is 35.5. The molecule has 0 aliphatic rings. The van der Waals surface area contributed by atoms with Gasteiger partial charge in [0, 0.05) is 4.90 Å². The largest absolute Gasteiger partial charge is 0.449 e. The number of carbonyl (C=O) groups excluding carboxylic acids is 2. The first-order chi connectivity index (χ1) is 11.9. The maximum absolute atomic E-state index is 12.4. The normalized spacial score (nSPS) is 11.7. The fourth-order valence-corrected chi connectivity index (χ4v) is 3.32. The molecule has 2 aromatic carbocycles. The van der Waals surface area contributed by atoms with Gasteiger partial charge < -0.3 is 10.1 Å². The summed E-state index contributed by atoms with van der Waals surface area (Å²) in [7, 11) is 0. The first kappa shape index (κ1) is 19.6. The highest BCUT2D eigenvalue weighted by Gasteiger charge is 2.22. The van der Waals surface area contributed by atoms with Gasteiger partial charge in [-0.15, -0.1) is 11.8 Å². The molecule has 2 rings (SSSR count). The molecule has 0 radical (unpaired) electrons. The summed E-state index contributed by atoms with van der Waals surface area (Å²) < 4.78 is 5.29. The summed E-state index contributed by atoms with van der Waals surface area (Å²) in [6.45, 7) is 3.49. The third-order valence-electron chi connectivity index (χ3n) is 3.27. The number of hydrogen-bond donors (Lipinski definition) is 1. The second-order valence-corrected chi connectivity index (χ2v) is 7.18. The van der Waals surface area contributed by atoms with E-state index >= 15 is 0 Å². The van der Waals surface area contributed by atoms with Crippen molar-refractivity contribution >= 4 is 52.5 Å². The zero-order chi connectivity index (χ0) is 18.4. The Balaban J connectivity index is 2.07. The Morgan fingerprint density at radius 2 is 1.76 bits per heavy atom. The summed E-state index contributed by atoms with van der Waals surface area (Å²) in [4.78, 5) is 25.5. The maximum Gasteiger partial charge on any atom is 0.340 e. The van der Waals surface area contributed by atoms with E-state index in [2.05, 4.69) is 5.32 Å². The van der Waals surface area contributed by atoms with Crippen molar-refractivity contribution in [2.24, 2.45) is 0 Å². The SMILES string of the molecule is CCSc1ccccc1C(=O)O[C@@H](C)C(=O)Nc1c(Cl)cccc1Cl. The molecule has 25 heavy (non-hydrogen) atoms. The molecule has 0 aliphatic heterocycles. The number of anilines is 1. The monoisotopic (exact) mass is 397 g/mol. The van der Waals surface area contributed by atoms with Crippen LogP contribution in [0.15, 0.2) is 47.4 Å². The van der Waals surface area contributed by atoms with Crippen LogP contribution >= 0.6 is 35.0 Å². The lowest BCUT2D eigenvalue weighted by Crippen LogP contribution is -2.30. The van der Waals surface area contributed by atoms with Gasteiger partial charge in [0.1, 0.15) is 0 Å². The van der Waals surface area contributed by atoms with E-state index in [-0.39, 0.29) is 0 Å². The number of amides is 1. The molecule has 132 valence electrons. The van der Waals surface area contributed by atoms with Crippen LogP contribution in [0.25, 0.3) is 0 Å². The number of esters is 1. The number of benzene rings is 2. The molecular weight excluding hydrogens is 381 g/mol. The first-order valence-corrected chi connectivity index (χ1v) is 9.35. The summed E-state index contributed by atoms with van der Waals surface area (Å²) in [5, 5.41) is 3.21. The zero-order valence-corrected chi connectivity index (χ0v) is 16.0. The average molecular weight is 398 g/mol. The van der Waals surface area contributed by atoms with Crippen LogP contribution in [0, 0.1) is 0 Å². The van der Waals surface area contributed by atoms with E-state index in [1.807, 2.05) is 19.1 Å². The predicted octanol–water partition coefficient (Wildman–Crippen LogP) is 5.29. The first-order valence-electron chi connectivity index (χ1n) is 7.61. The van der Waals surface area contributed by atoms with Crippen LogP contribution in [-0.2, 0) is 9.53 Å². The molecule has 0 saturated carbocycles. The van der Waals surface area contributed by atoms with E-state index in [4.69, 9.17) is 27.9 Å². The molecule has 1 N–H and O–H groups in total. The highest BCUT2D eigenvalue weighted by Crippen LogP contribution is 2.30. The molecule has 0 bridgehead atoms. The number of ether oxygens (including phenoxy) is 1. The van der Waals surface area contributed by atoms with E-state index in [9.17, 15) is 9.59 Å². The summed E-state index contributed by atoms with van der Waals surface area (Å²) >= 11 is 13.6. The molecule has 0 saturated heterocycles. The van der Waals surface area contributed by atoms with Crippen LogP contribution in [0.4, 0.5) is 5.69 Å². The number of hydrogen-bond acceptors (Lipinski definition) is 4. The fourth-order valence-electron chi connectivity index (χ4n) is 2.04. The molecule has 4 nitrogen and oxygen atoms in total. The fraction of sp³-hybridized carbons (Fsp3) is 0.222. The van der Waals surface area contributed by atoms with Crippen molar-refractivity contribution in [3.05, 3.63) is 58.1 Å². The molecule has 0 spiro atoms. The average Bonchev–Trinajstić information content (AvgIpc) is 2.58.